The summed E-state index contributed by atoms with van der Waals surface area (Å²) in [4.78, 5) is 0. The van der Waals surface area contributed by atoms with Gasteiger partial charge in [-0.25, -0.2) is 0 Å². The zero-order chi connectivity index (χ0) is 14.9. The zero-order valence-electron chi connectivity index (χ0n) is 12.0. The molecule has 3 heteroatoms. The van der Waals surface area contributed by atoms with Gasteiger partial charge in [0.15, 0.2) is 0 Å². The van der Waals surface area contributed by atoms with E-state index < -0.39 is 5.60 Å². The van der Waals surface area contributed by atoms with Crippen LogP contribution in [0.4, 0.5) is 0 Å². The Kier molecular flexibility index (Phi) is 3.35. The van der Waals surface area contributed by atoms with E-state index in [0.717, 1.165) is 11.1 Å². The molecule has 0 fully saturated rings. The molecule has 0 saturated heterocycles. The van der Waals surface area contributed by atoms with E-state index in [4.69, 9.17) is 4.52 Å². The van der Waals surface area contributed by atoms with E-state index >= 15 is 0 Å². The topological polar surface area (TPSA) is 46.3 Å². The first-order valence-corrected chi connectivity index (χ1v) is 6.82. The molecule has 3 nitrogen and oxygen atoms in total. The summed E-state index contributed by atoms with van der Waals surface area (Å²) in [7, 11) is 0. The van der Waals surface area contributed by atoms with Crippen molar-refractivity contribution >= 4 is 0 Å². The molecule has 1 radical (unpaired) electrons. The number of hydrogen-bond donors (Lipinski definition) is 1. The Hall–Kier alpha value is -2.39. The van der Waals surface area contributed by atoms with Crippen molar-refractivity contribution in [1.82, 2.24) is 5.16 Å². The first kappa shape index (κ1) is 13.6. The van der Waals surface area contributed by atoms with E-state index in [0.29, 0.717) is 17.0 Å². The summed E-state index contributed by atoms with van der Waals surface area (Å²) in [5.41, 5.74) is 1.90. The van der Waals surface area contributed by atoms with Crippen LogP contribution in [-0.4, -0.2) is 10.3 Å². The molecule has 0 aliphatic rings. The minimum atomic E-state index is -1.18. The molecule has 0 amide bonds. The lowest BCUT2D eigenvalue weighted by atomic mass is 9.85. The molecule has 0 saturated carbocycles. The highest BCUT2D eigenvalue weighted by molar-refractivity contribution is 5.65. The Labute approximate surface area is 123 Å². The standard InChI is InChI=1S/C18H16NO2/c1-13-16(18(2,20)15-11-7-4-8-12-15)17(19-21-13)14-9-5-3-6-10-14/h3,5-12,20H,1-2H3. The third kappa shape index (κ3) is 2.36. The van der Waals surface area contributed by atoms with Crippen LogP contribution >= 0.6 is 0 Å². The molecule has 1 aromatic heterocycles. The number of aryl methyl sites for hydroxylation is 1. The lowest BCUT2D eigenvalue weighted by Gasteiger charge is -2.24. The van der Waals surface area contributed by atoms with Crippen molar-refractivity contribution in [2.24, 2.45) is 0 Å². The monoisotopic (exact) mass is 278 g/mol. The van der Waals surface area contributed by atoms with Crippen LogP contribution in [0.2, 0.25) is 0 Å². The normalized spacial score (nSPS) is 13.9. The molecule has 21 heavy (non-hydrogen) atoms. The fraction of sp³-hybridized carbons (Fsp3) is 0.167. The molecule has 0 bridgehead atoms. The largest absolute Gasteiger partial charge is 0.380 e. The maximum absolute atomic E-state index is 11.1. The average molecular weight is 278 g/mol. The predicted molar refractivity (Wildman–Crippen MR) is 80.6 cm³/mol. The second kappa shape index (κ2) is 5.19. The van der Waals surface area contributed by atoms with Gasteiger partial charge in [-0.3, -0.25) is 0 Å². The molecule has 0 aliphatic carbocycles. The average Bonchev–Trinajstić information content (AvgIpc) is 2.91. The zero-order valence-corrected chi connectivity index (χ0v) is 12.0. The summed E-state index contributed by atoms with van der Waals surface area (Å²) >= 11 is 0. The molecular formula is C18H16NO2. The van der Waals surface area contributed by atoms with Crippen molar-refractivity contribution in [3.63, 3.8) is 0 Å². The minimum Gasteiger partial charge on any atom is -0.380 e. The number of nitrogens with zero attached hydrogens (tertiary/aromatic N) is 1. The molecular weight excluding hydrogens is 262 g/mol. The van der Waals surface area contributed by atoms with Crippen LogP contribution in [-0.2, 0) is 5.60 Å². The molecule has 1 unspecified atom stereocenters. The Balaban J connectivity index is 2.17. The van der Waals surface area contributed by atoms with Crippen LogP contribution in [0.15, 0.2) is 59.1 Å². The number of rotatable bonds is 3. The van der Waals surface area contributed by atoms with Gasteiger partial charge in [-0.2, -0.15) is 0 Å². The number of aromatic nitrogens is 1. The summed E-state index contributed by atoms with van der Waals surface area (Å²) in [5, 5.41) is 15.2. The van der Waals surface area contributed by atoms with Crippen molar-refractivity contribution in [3.8, 4) is 11.3 Å². The highest BCUT2D eigenvalue weighted by Gasteiger charge is 2.33. The van der Waals surface area contributed by atoms with Gasteiger partial charge in [0.2, 0.25) is 0 Å². The van der Waals surface area contributed by atoms with Gasteiger partial charge < -0.3 is 9.63 Å². The fourth-order valence-corrected chi connectivity index (χ4v) is 2.59. The van der Waals surface area contributed by atoms with Gasteiger partial charge >= 0.3 is 0 Å². The number of benzene rings is 2. The van der Waals surface area contributed by atoms with Crippen LogP contribution in [0.3, 0.4) is 0 Å². The second-order valence-corrected chi connectivity index (χ2v) is 5.19. The molecule has 2 aromatic carbocycles. The molecule has 0 spiro atoms. The van der Waals surface area contributed by atoms with E-state index in [1.165, 1.54) is 0 Å². The molecule has 1 atom stereocenters. The quantitative estimate of drug-likeness (QED) is 0.794. The van der Waals surface area contributed by atoms with Crippen LogP contribution < -0.4 is 0 Å². The first-order valence-electron chi connectivity index (χ1n) is 6.82. The predicted octanol–water partition coefficient (Wildman–Crippen LogP) is 3.71. The van der Waals surface area contributed by atoms with E-state index in [1.807, 2.05) is 49.4 Å². The molecule has 1 heterocycles. The highest BCUT2D eigenvalue weighted by atomic mass is 16.5. The van der Waals surface area contributed by atoms with Gasteiger partial charge in [0.25, 0.3) is 0 Å². The van der Waals surface area contributed by atoms with Crippen molar-refractivity contribution in [2.75, 3.05) is 0 Å². The van der Waals surface area contributed by atoms with Gasteiger partial charge in [-0.05, 0) is 25.5 Å². The van der Waals surface area contributed by atoms with Crippen LogP contribution in [0, 0.1) is 13.0 Å². The molecule has 1 N–H and O–H groups in total. The lowest BCUT2D eigenvalue weighted by molar-refractivity contribution is 0.101. The van der Waals surface area contributed by atoms with E-state index in [2.05, 4.69) is 11.2 Å². The minimum absolute atomic E-state index is 0.617. The summed E-state index contributed by atoms with van der Waals surface area (Å²) < 4.78 is 5.34. The Morgan fingerprint density at radius 2 is 1.76 bits per heavy atom. The lowest BCUT2D eigenvalue weighted by Crippen LogP contribution is -2.24. The smallest absolute Gasteiger partial charge is 0.140 e. The van der Waals surface area contributed by atoms with Gasteiger partial charge in [0, 0.05) is 5.56 Å². The number of aliphatic hydroxyl groups is 1. The maximum atomic E-state index is 11.1. The van der Waals surface area contributed by atoms with Gasteiger partial charge in [-0.15, -0.1) is 0 Å². The maximum Gasteiger partial charge on any atom is 0.140 e. The number of hydrogen-bond acceptors (Lipinski definition) is 3. The van der Waals surface area contributed by atoms with Crippen molar-refractivity contribution in [2.45, 2.75) is 19.4 Å². The molecule has 3 aromatic rings. The third-order valence-electron chi connectivity index (χ3n) is 3.68. The van der Waals surface area contributed by atoms with Crippen molar-refractivity contribution in [3.05, 3.63) is 77.6 Å². The summed E-state index contributed by atoms with van der Waals surface area (Å²) in [6.07, 6.45) is 0. The van der Waals surface area contributed by atoms with Gasteiger partial charge in [-0.1, -0.05) is 59.8 Å². The molecule has 105 valence electrons. The van der Waals surface area contributed by atoms with E-state index in [-0.39, 0.29) is 0 Å². The Morgan fingerprint density at radius 1 is 1.10 bits per heavy atom. The fourth-order valence-electron chi connectivity index (χ4n) is 2.59. The summed E-state index contributed by atoms with van der Waals surface area (Å²) in [6, 6.07) is 20.0. The van der Waals surface area contributed by atoms with Crippen molar-refractivity contribution in [1.29, 1.82) is 0 Å². The Morgan fingerprint density at radius 3 is 2.43 bits per heavy atom. The van der Waals surface area contributed by atoms with Crippen LogP contribution in [0.1, 0.15) is 23.8 Å². The van der Waals surface area contributed by atoms with Gasteiger partial charge in [0.05, 0.1) is 5.56 Å². The third-order valence-corrected chi connectivity index (χ3v) is 3.68. The second-order valence-electron chi connectivity index (χ2n) is 5.19. The molecule has 0 aliphatic heterocycles. The highest BCUT2D eigenvalue weighted by Crippen LogP contribution is 2.37. The van der Waals surface area contributed by atoms with Crippen LogP contribution in [0.5, 0.6) is 0 Å². The first-order chi connectivity index (χ1) is 10.1. The van der Waals surface area contributed by atoms with Crippen LogP contribution in [0.25, 0.3) is 11.3 Å². The summed E-state index contributed by atoms with van der Waals surface area (Å²) in [6.45, 7) is 3.58. The Bertz CT molecular complexity index is 730. The van der Waals surface area contributed by atoms with E-state index in [9.17, 15) is 5.11 Å². The van der Waals surface area contributed by atoms with Gasteiger partial charge in [0.1, 0.15) is 17.1 Å². The molecule has 3 rings (SSSR count). The summed E-state index contributed by atoms with van der Waals surface area (Å²) in [5.74, 6) is 0.617. The van der Waals surface area contributed by atoms with E-state index in [1.54, 1.807) is 19.1 Å². The van der Waals surface area contributed by atoms with Crippen molar-refractivity contribution < 1.29 is 9.63 Å². The SMILES string of the molecule is Cc1onc(-c2ccccc2)c1C(C)(O)c1cc[c]cc1.